The minimum absolute atomic E-state index is 0.0787. The first-order chi connectivity index (χ1) is 11.4. The van der Waals surface area contributed by atoms with Crippen molar-refractivity contribution >= 4 is 5.69 Å². The largest absolute Gasteiger partial charge is 0.480 e. The van der Waals surface area contributed by atoms with Crippen LogP contribution in [0.1, 0.15) is 0 Å². The van der Waals surface area contributed by atoms with Crippen LogP contribution in [0, 0.1) is 0 Å². The summed E-state index contributed by atoms with van der Waals surface area (Å²) in [5.74, 6) is 1.37. The quantitative estimate of drug-likeness (QED) is 0.867. The molecular weight excluding hydrogens is 290 g/mol. The first-order valence-electron chi connectivity index (χ1n) is 8.15. The molecule has 0 amide bonds. The normalized spacial score (nSPS) is 21.2. The lowest BCUT2D eigenvalue weighted by atomic mass is 10.2. The number of aromatic nitrogens is 1. The molecule has 1 fully saturated rings. The molecule has 23 heavy (non-hydrogen) atoms. The van der Waals surface area contributed by atoms with Crippen LogP contribution in [0.3, 0.4) is 0 Å². The summed E-state index contributed by atoms with van der Waals surface area (Å²) in [7, 11) is 0. The average Bonchev–Trinajstić information content (AvgIpc) is 2.63. The maximum Gasteiger partial charge on any atom is 0.257 e. The molecule has 120 valence electrons. The van der Waals surface area contributed by atoms with E-state index in [1.807, 2.05) is 12.1 Å². The summed E-state index contributed by atoms with van der Waals surface area (Å²) < 4.78 is 11.7. The summed E-state index contributed by atoms with van der Waals surface area (Å²) in [5, 5.41) is 0. The molecule has 5 nitrogen and oxygen atoms in total. The number of nitrogens with zero attached hydrogens (tertiary/aromatic N) is 3. The van der Waals surface area contributed by atoms with E-state index in [-0.39, 0.29) is 6.10 Å². The Labute approximate surface area is 136 Å². The Morgan fingerprint density at radius 2 is 1.83 bits per heavy atom. The molecule has 0 bridgehead atoms. The highest BCUT2D eigenvalue weighted by atomic mass is 16.6. The molecule has 2 aliphatic heterocycles. The summed E-state index contributed by atoms with van der Waals surface area (Å²) in [6.07, 6.45) is 1.81. The number of hydrogen-bond donors (Lipinski definition) is 0. The third-order valence-electron chi connectivity index (χ3n) is 4.39. The fourth-order valence-electron chi connectivity index (χ4n) is 3.17. The van der Waals surface area contributed by atoms with Crippen LogP contribution in [-0.4, -0.2) is 55.3 Å². The number of benzene rings is 1. The van der Waals surface area contributed by atoms with Crippen molar-refractivity contribution in [2.75, 3.05) is 44.2 Å². The van der Waals surface area contributed by atoms with Gasteiger partial charge >= 0.3 is 0 Å². The molecule has 1 aromatic heterocycles. The monoisotopic (exact) mass is 311 g/mol. The molecule has 4 rings (SSSR count). The number of pyridine rings is 1. The van der Waals surface area contributed by atoms with E-state index in [1.54, 1.807) is 6.20 Å². The van der Waals surface area contributed by atoms with Crippen molar-refractivity contribution in [3.63, 3.8) is 0 Å². The Hall–Kier alpha value is -2.27. The zero-order valence-electron chi connectivity index (χ0n) is 13.1. The van der Waals surface area contributed by atoms with Gasteiger partial charge < -0.3 is 14.4 Å². The zero-order chi connectivity index (χ0) is 15.5. The van der Waals surface area contributed by atoms with Crippen molar-refractivity contribution < 1.29 is 9.47 Å². The number of rotatable bonds is 3. The lowest BCUT2D eigenvalue weighted by Crippen LogP contribution is -2.50. The number of ether oxygens (including phenoxy) is 2. The van der Waals surface area contributed by atoms with Gasteiger partial charge in [-0.1, -0.05) is 18.2 Å². The van der Waals surface area contributed by atoms with Crippen molar-refractivity contribution in [1.29, 1.82) is 0 Å². The van der Waals surface area contributed by atoms with Crippen LogP contribution in [0.5, 0.6) is 11.6 Å². The van der Waals surface area contributed by atoms with Gasteiger partial charge in [-0.15, -0.1) is 0 Å². The lowest BCUT2D eigenvalue weighted by molar-refractivity contribution is 0.0537. The van der Waals surface area contributed by atoms with Crippen molar-refractivity contribution in [2.45, 2.75) is 6.10 Å². The summed E-state index contributed by atoms with van der Waals surface area (Å²) in [6.45, 7) is 5.68. The molecule has 2 aromatic rings. The standard InChI is InChI=1S/C18H21N3O2/c1-2-5-15(6-3-1)21-11-9-20(10-12-21)13-16-14-22-18-17(23-16)7-4-8-19-18/h1-8,16H,9-14H2. The van der Waals surface area contributed by atoms with Gasteiger partial charge in [-0.25, -0.2) is 4.98 Å². The van der Waals surface area contributed by atoms with Gasteiger partial charge in [0, 0.05) is 44.6 Å². The molecule has 1 saturated heterocycles. The Balaban J connectivity index is 1.30. The van der Waals surface area contributed by atoms with Gasteiger partial charge in [-0.3, -0.25) is 4.90 Å². The van der Waals surface area contributed by atoms with E-state index in [0.717, 1.165) is 38.5 Å². The molecule has 3 heterocycles. The maximum absolute atomic E-state index is 6.00. The zero-order valence-corrected chi connectivity index (χ0v) is 13.1. The van der Waals surface area contributed by atoms with Gasteiger partial charge in [0.1, 0.15) is 12.7 Å². The Bertz CT molecular complexity index is 642. The molecule has 2 aliphatic rings. The summed E-state index contributed by atoms with van der Waals surface area (Å²) >= 11 is 0. The number of para-hydroxylation sites is 1. The van der Waals surface area contributed by atoms with Gasteiger partial charge in [0.25, 0.3) is 5.88 Å². The molecule has 1 unspecified atom stereocenters. The summed E-state index contributed by atoms with van der Waals surface area (Å²) in [5.41, 5.74) is 1.31. The Kier molecular flexibility index (Phi) is 4.03. The summed E-state index contributed by atoms with van der Waals surface area (Å²) in [6, 6.07) is 14.4. The van der Waals surface area contributed by atoms with Crippen molar-refractivity contribution in [1.82, 2.24) is 9.88 Å². The minimum Gasteiger partial charge on any atom is -0.480 e. The van der Waals surface area contributed by atoms with Crippen molar-refractivity contribution in [3.8, 4) is 11.6 Å². The Morgan fingerprint density at radius 1 is 1.00 bits per heavy atom. The van der Waals surface area contributed by atoms with Crippen LogP contribution in [0.15, 0.2) is 48.7 Å². The smallest absolute Gasteiger partial charge is 0.257 e. The van der Waals surface area contributed by atoms with E-state index in [0.29, 0.717) is 12.5 Å². The van der Waals surface area contributed by atoms with Crippen LogP contribution in [0.2, 0.25) is 0 Å². The van der Waals surface area contributed by atoms with Crippen LogP contribution in [-0.2, 0) is 0 Å². The van der Waals surface area contributed by atoms with Crippen LogP contribution < -0.4 is 14.4 Å². The van der Waals surface area contributed by atoms with Gasteiger partial charge in [-0.2, -0.15) is 0 Å². The van der Waals surface area contributed by atoms with E-state index in [1.165, 1.54) is 5.69 Å². The predicted molar refractivity (Wildman–Crippen MR) is 89.2 cm³/mol. The highest BCUT2D eigenvalue weighted by Gasteiger charge is 2.26. The molecule has 0 saturated carbocycles. The first kappa shape index (κ1) is 14.3. The molecule has 1 atom stereocenters. The highest BCUT2D eigenvalue weighted by molar-refractivity contribution is 5.46. The molecular formula is C18H21N3O2. The molecule has 5 heteroatoms. The average molecular weight is 311 g/mol. The molecule has 1 aromatic carbocycles. The van der Waals surface area contributed by atoms with Gasteiger partial charge in [0.15, 0.2) is 5.75 Å². The van der Waals surface area contributed by atoms with E-state index in [2.05, 4.69) is 45.1 Å². The SMILES string of the molecule is c1ccc(N2CCN(CC3COc4ncccc4O3)CC2)cc1. The molecule has 0 aliphatic carbocycles. The maximum atomic E-state index is 6.00. The molecule has 0 N–H and O–H groups in total. The lowest BCUT2D eigenvalue weighted by Gasteiger charge is -2.38. The van der Waals surface area contributed by atoms with Crippen molar-refractivity contribution in [2.24, 2.45) is 0 Å². The van der Waals surface area contributed by atoms with Gasteiger partial charge in [0.05, 0.1) is 0 Å². The number of anilines is 1. The first-order valence-corrected chi connectivity index (χ1v) is 8.15. The fraction of sp³-hybridized carbons (Fsp3) is 0.389. The van der Waals surface area contributed by atoms with E-state index >= 15 is 0 Å². The predicted octanol–water partition coefficient (Wildman–Crippen LogP) is 2.04. The molecule has 0 spiro atoms. The van der Waals surface area contributed by atoms with Gasteiger partial charge in [-0.05, 0) is 24.3 Å². The Morgan fingerprint density at radius 3 is 2.65 bits per heavy atom. The third-order valence-corrected chi connectivity index (χ3v) is 4.39. The second-order valence-electron chi connectivity index (χ2n) is 5.98. The second kappa shape index (κ2) is 6.46. The van der Waals surface area contributed by atoms with E-state index in [4.69, 9.17) is 9.47 Å². The molecule has 0 radical (unpaired) electrons. The third kappa shape index (κ3) is 3.24. The topological polar surface area (TPSA) is 37.8 Å². The van der Waals surface area contributed by atoms with Crippen LogP contribution in [0.25, 0.3) is 0 Å². The van der Waals surface area contributed by atoms with Crippen LogP contribution in [0.4, 0.5) is 5.69 Å². The van der Waals surface area contributed by atoms with Crippen molar-refractivity contribution in [3.05, 3.63) is 48.7 Å². The highest BCUT2D eigenvalue weighted by Crippen LogP contribution is 2.28. The summed E-state index contributed by atoms with van der Waals surface area (Å²) in [4.78, 5) is 9.07. The number of fused-ring (bicyclic) bond motifs is 1. The van der Waals surface area contributed by atoms with Gasteiger partial charge in [0.2, 0.25) is 0 Å². The van der Waals surface area contributed by atoms with E-state index < -0.39 is 0 Å². The minimum atomic E-state index is 0.0787. The van der Waals surface area contributed by atoms with Crippen LogP contribution >= 0.6 is 0 Å². The second-order valence-corrected chi connectivity index (χ2v) is 5.98. The number of piperazine rings is 1. The fourth-order valence-corrected chi connectivity index (χ4v) is 3.17. The van der Waals surface area contributed by atoms with E-state index in [9.17, 15) is 0 Å². The number of hydrogen-bond acceptors (Lipinski definition) is 5.